The predicted molar refractivity (Wildman–Crippen MR) is 75.9 cm³/mol. The molecule has 1 unspecified atom stereocenters. The number of aromatic nitrogens is 2. The van der Waals surface area contributed by atoms with E-state index in [-0.39, 0.29) is 6.04 Å². The monoisotopic (exact) mass is 261 g/mol. The maximum atomic E-state index is 4.52. The Hall–Kier alpha value is -1.26. The van der Waals surface area contributed by atoms with E-state index in [0.29, 0.717) is 0 Å². The number of pyridine rings is 1. The normalized spacial score (nSPS) is 12.6. The summed E-state index contributed by atoms with van der Waals surface area (Å²) in [5, 5.41) is 5.57. The first-order valence-corrected chi connectivity index (χ1v) is 7.33. The summed E-state index contributed by atoms with van der Waals surface area (Å²) < 4.78 is 0. The number of thiazole rings is 1. The summed E-state index contributed by atoms with van der Waals surface area (Å²) >= 11 is 1.64. The van der Waals surface area contributed by atoms with Gasteiger partial charge in [0.25, 0.3) is 0 Å². The van der Waals surface area contributed by atoms with Gasteiger partial charge in [0.05, 0.1) is 17.2 Å². The lowest BCUT2D eigenvalue weighted by atomic mass is 10.1. The summed E-state index contributed by atoms with van der Waals surface area (Å²) in [5.41, 5.74) is 5.40. The van der Waals surface area contributed by atoms with E-state index in [4.69, 9.17) is 0 Å². The molecular weight excluding hydrogens is 242 g/mol. The summed E-state index contributed by atoms with van der Waals surface area (Å²) in [5.74, 6) is 0. The van der Waals surface area contributed by atoms with Gasteiger partial charge >= 0.3 is 0 Å². The van der Waals surface area contributed by atoms with E-state index in [1.807, 2.05) is 11.7 Å². The fraction of sp³-hybridized carbons (Fsp3) is 0.429. The minimum absolute atomic E-state index is 0.265. The zero-order valence-corrected chi connectivity index (χ0v) is 11.7. The van der Waals surface area contributed by atoms with Gasteiger partial charge in [-0.1, -0.05) is 19.9 Å². The van der Waals surface area contributed by atoms with Gasteiger partial charge in [-0.2, -0.15) is 0 Å². The van der Waals surface area contributed by atoms with Crippen LogP contribution in [0.25, 0.3) is 0 Å². The Labute approximate surface area is 112 Å². The second-order valence-electron chi connectivity index (χ2n) is 4.24. The van der Waals surface area contributed by atoms with Crippen LogP contribution in [0.3, 0.4) is 0 Å². The first-order valence-electron chi connectivity index (χ1n) is 6.38. The molecule has 4 heteroatoms. The molecule has 0 aliphatic rings. The van der Waals surface area contributed by atoms with Crippen molar-refractivity contribution in [3.8, 4) is 0 Å². The molecule has 96 valence electrons. The molecule has 18 heavy (non-hydrogen) atoms. The van der Waals surface area contributed by atoms with Crippen molar-refractivity contribution in [3.63, 3.8) is 0 Å². The Morgan fingerprint density at radius 3 is 2.72 bits per heavy atom. The molecular formula is C14H19N3S. The van der Waals surface area contributed by atoms with Gasteiger partial charge in [-0.25, -0.2) is 4.98 Å². The first-order chi connectivity index (χ1) is 8.83. The summed E-state index contributed by atoms with van der Waals surface area (Å²) in [4.78, 5) is 8.91. The molecule has 0 saturated carbocycles. The van der Waals surface area contributed by atoms with Crippen molar-refractivity contribution in [2.24, 2.45) is 0 Å². The molecule has 2 aromatic rings. The maximum Gasteiger partial charge on any atom is 0.0795 e. The highest BCUT2D eigenvalue weighted by Gasteiger charge is 2.13. The molecule has 0 spiro atoms. The first kappa shape index (κ1) is 13.2. The van der Waals surface area contributed by atoms with E-state index in [1.165, 1.54) is 5.56 Å². The number of hydrogen-bond donors (Lipinski definition) is 1. The van der Waals surface area contributed by atoms with Crippen molar-refractivity contribution in [3.05, 3.63) is 46.2 Å². The summed E-state index contributed by atoms with van der Waals surface area (Å²) in [6.45, 7) is 5.20. The Morgan fingerprint density at radius 2 is 2.17 bits per heavy atom. The molecule has 2 aromatic heterocycles. The van der Waals surface area contributed by atoms with E-state index in [2.05, 4.69) is 46.6 Å². The van der Waals surface area contributed by atoms with E-state index < -0.39 is 0 Å². The smallest absolute Gasteiger partial charge is 0.0795 e. The molecule has 0 amide bonds. The molecule has 0 radical (unpaired) electrons. The maximum absolute atomic E-state index is 4.52. The summed E-state index contributed by atoms with van der Waals surface area (Å²) in [7, 11) is 0. The molecule has 0 aliphatic carbocycles. The van der Waals surface area contributed by atoms with E-state index in [0.717, 1.165) is 30.8 Å². The molecule has 2 rings (SSSR count). The Bertz CT molecular complexity index is 450. The summed E-state index contributed by atoms with van der Waals surface area (Å²) in [6, 6.07) is 4.54. The van der Waals surface area contributed by atoms with Gasteiger partial charge in [-0.05, 0) is 24.6 Å². The third-order valence-electron chi connectivity index (χ3n) is 2.97. The molecule has 3 nitrogen and oxygen atoms in total. The minimum Gasteiger partial charge on any atom is -0.309 e. The number of aryl methyl sites for hydroxylation is 1. The van der Waals surface area contributed by atoms with Crippen LogP contribution in [0, 0.1) is 0 Å². The third kappa shape index (κ3) is 3.37. The van der Waals surface area contributed by atoms with Crippen LogP contribution in [0.5, 0.6) is 0 Å². The second-order valence-corrected chi connectivity index (χ2v) is 4.96. The highest BCUT2D eigenvalue weighted by atomic mass is 32.1. The predicted octanol–water partition coefficient (Wildman–Crippen LogP) is 2.99. The lowest BCUT2D eigenvalue weighted by molar-refractivity contribution is 0.533. The number of rotatable bonds is 6. The largest absolute Gasteiger partial charge is 0.309 e. The fourth-order valence-corrected chi connectivity index (χ4v) is 2.52. The van der Waals surface area contributed by atoms with Gasteiger partial charge in [0.15, 0.2) is 0 Å². The number of hydrogen-bond acceptors (Lipinski definition) is 4. The van der Waals surface area contributed by atoms with Gasteiger partial charge in [-0.15, -0.1) is 11.3 Å². The molecule has 0 fully saturated rings. The van der Waals surface area contributed by atoms with Crippen LogP contribution in [0.15, 0.2) is 29.2 Å². The zero-order valence-electron chi connectivity index (χ0n) is 10.9. The molecule has 0 saturated heterocycles. The number of nitrogens with zero attached hydrogens (tertiary/aromatic N) is 2. The third-order valence-corrected chi connectivity index (χ3v) is 3.57. The molecule has 0 bridgehead atoms. The van der Waals surface area contributed by atoms with Gasteiger partial charge in [0, 0.05) is 23.7 Å². The average molecular weight is 261 g/mol. The van der Waals surface area contributed by atoms with Crippen LogP contribution in [-0.2, 0) is 12.8 Å². The van der Waals surface area contributed by atoms with E-state index in [1.54, 1.807) is 11.3 Å². The standard InChI is InChI=1S/C14H19N3S/c1-3-11-5-6-12(16-8-11)7-13(15-4-2)14-9-18-10-17-14/h5-6,8-10,13,15H,3-4,7H2,1-2H3. The molecule has 1 atom stereocenters. The van der Waals surface area contributed by atoms with Crippen LogP contribution in [0.4, 0.5) is 0 Å². The van der Waals surface area contributed by atoms with Gasteiger partial charge in [0.2, 0.25) is 0 Å². The van der Waals surface area contributed by atoms with Crippen molar-refractivity contribution in [1.82, 2.24) is 15.3 Å². The molecule has 0 aromatic carbocycles. The highest BCUT2D eigenvalue weighted by Crippen LogP contribution is 2.17. The van der Waals surface area contributed by atoms with Crippen LogP contribution < -0.4 is 5.32 Å². The van der Waals surface area contributed by atoms with E-state index >= 15 is 0 Å². The topological polar surface area (TPSA) is 37.8 Å². The highest BCUT2D eigenvalue weighted by molar-refractivity contribution is 7.07. The Morgan fingerprint density at radius 1 is 1.28 bits per heavy atom. The van der Waals surface area contributed by atoms with Crippen LogP contribution in [0.2, 0.25) is 0 Å². The van der Waals surface area contributed by atoms with Gasteiger partial charge in [-0.3, -0.25) is 4.98 Å². The lowest BCUT2D eigenvalue weighted by Crippen LogP contribution is -2.23. The number of nitrogens with one attached hydrogen (secondary N) is 1. The Balaban J connectivity index is 2.08. The molecule has 2 heterocycles. The minimum atomic E-state index is 0.265. The number of likely N-dealkylation sites (N-methyl/N-ethyl adjacent to an activating group) is 1. The second kappa shape index (κ2) is 6.61. The van der Waals surface area contributed by atoms with Crippen molar-refractivity contribution < 1.29 is 0 Å². The lowest BCUT2D eigenvalue weighted by Gasteiger charge is -2.15. The van der Waals surface area contributed by atoms with Crippen molar-refractivity contribution in [2.45, 2.75) is 32.7 Å². The van der Waals surface area contributed by atoms with E-state index in [9.17, 15) is 0 Å². The summed E-state index contributed by atoms with van der Waals surface area (Å²) in [6.07, 6.45) is 3.90. The zero-order chi connectivity index (χ0) is 12.8. The van der Waals surface area contributed by atoms with Crippen molar-refractivity contribution >= 4 is 11.3 Å². The van der Waals surface area contributed by atoms with Crippen LogP contribution in [-0.4, -0.2) is 16.5 Å². The van der Waals surface area contributed by atoms with Crippen molar-refractivity contribution in [1.29, 1.82) is 0 Å². The van der Waals surface area contributed by atoms with Crippen molar-refractivity contribution in [2.75, 3.05) is 6.54 Å². The molecule has 0 aliphatic heterocycles. The van der Waals surface area contributed by atoms with Crippen LogP contribution >= 0.6 is 11.3 Å². The Kier molecular flexibility index (Phi) is 4.84. The van der Waals surface area contributed by atoms with Gasteiger partial charge in [0.1, 0.15) is 0 Å². The quantitative estimate of drug-likeness (QED) is 0.868. The fourth-order valence-electron chi connectivity index (χ4n) is 1.92. The van der Waals surface area contributed by atoms with Gasteiger partial charge < -0.3 is 5.32 Å². The average Bonchev–Trinajstić information content (AvgIpc) is 2.93. The van der Waals surface area contributed by atoms with Crippen LogP contribution in [0.1, 0.15) is 36.8 Å². The molecule has 1 N–H and O–H groups in total. The SMILES string of the molecule is CCNC(Cc1ccc(CC)cn1)c1cscn1.